The van der Waals surface area contributed by atoms with Crippen LogP contribution in [0.2, 0.25) is 0 Å². The van der Waals surface area contributed by atoms with Crippen molar-refractivity contribution in [2.24, 2.45) is 0 Å². The Morgan fingerprint density at radius 2 is 0.757 bits per heavy atom. The second-order valence-electron chi connectivity index (χ2n) is 18.1. The van der Waals surface area contributed by atoms with Crippen LogP contribution in [0.15, 0.2) is 279 Å². The quantitative estimate of drug-likeness (QED) is 0.140. The molecule has 0 radical (unpaired) electrons. The number of hydrogen-bond acceptors (Lipinski definition) is 1. The topological polar surface area (TPSA) is 8.17 Å². The number of fused-ring (bicyclic) bond motifs is 5. The highest BCUT2D eigenvalue weighted by molar-refractivity contribution is 6.19. The molecule has 0 aliphatic rings. The molecule has 0 bridgehead atoms. The van der Waals surface area contributed by atoms with E-state index < -0.39 is 0 Å². The van der Waals surface area contributed by atoms with Gasteiger partial charge in [0.2, 0.25) is 0 Å². The average Bonchev–Trinajstić information content (AvgIpc) is 3.79. The molecule has 0 saturated heterocycles. The van der Waals surface area contributed by atoms with Crippen molar-refractivity contribution in [3.05, 3.63) is 279 Å². The minimum atomic E-state index is 1.08. The molecule has 1 aromatic heterocycles. The van der Waals surface area contributed by atoms with Gasteiger partial charge in [-0.25, -0.2) is 0 Å². The summed E-state index contributed by atoms with van der Waals surface area (Å²) >= 11 is 0. The molecule has 2 heteroatoms. The molecule has 328 valence electrons. The van der Waals surface area contributed by atoms with E-state index in [0.29, 0.717) is 0 Å². The third-order valence-electron chi connectivity index (χ3n) is 14.0. The van der Waals surface area contributed by atoms with E-state index in [0.717, 1.165) is 28.3 Å². The van der Waals surface area contributed by atoms with E-state index in [1.54, 1.807) is 0 Å². The Bertz CT molecular complexity index is 4010. The second-order valence-corrected chi connectivity index (χ2v) is 18.1. The average molecular weight is 891 g/mol. The molecule has 13 aromatic rings. The molecule has 13 rings (SSSR count). The largest absolute Gasteiger partial charge is 0.310 e. The van der Waals surface area contributed by atoms with Crippen molar-refractivity contribution in [3.8, 4) is 61.3 Å². The van der Waals surface area contributed by atoms with Crippen LogP contribution in [0.4, 0.5) is 17.1 Å². The number of nitrogens with zero attached hydrogens (tertiary/aromatic N) is 2. The fourth-order valence-electron chi connectivity index (χ4n) is 10.6. The van der Waals surface area contributed by atoms with Crippen molar-refractivity contribution in [1.82, 2.24) is 4.57 Å². The molecule has 0 fully saturated rings. The summed E-state index contributed by atoms with van der Waals surface area (Å²) in [6, 6.07) is 102. The molecular weight excluding hydrogens is 845 g/mol. The number of aromatic nitrogens is 1. The Hall–Kier alpha value is -9.24. The lowest BCUT2D eigenvalue weighted by Gasteiger charge is -2.26. The van der Waals surface area contributed by atoms with Crippen LogP contribution in [-0.4, -0.2) is 4.57 Å². The predicted octanol–water partition coefficient (Wildman–Crippen LogP) is 18.9. The molecule has 70 heavy (non-hydrogen) atoms. The molecule has 0 atom stereocenters. The molecule has 0 spiro atoms. The first-order chi connectivity index (χ1) is 34.7. The lowest BCUT2D eigenvalue weighted by Crippen LogP contribution is -2.10. The molecule has 0 N–H and O–H groups in total. The Morgan fingerprint density at radius 1 is 0.257 bits per heavy atom. The van der Waals surface area contributed by atoms with Gasteiger partial charge in [-0.1, -0.05) is 218 Å². The van der Waals surface area contributed by atoms with Crippen LogP contribution in [0.1, 0.15) is 0 Å². The minimum absolute atomic E-state index is 1.08. The standard InChI is InChI=1S/C68H46N2/c1-3-16-52(17-4-1)64-28-13-29-65-67-63(27-14-30-66(67)70(68(64)65)57-22-5-2-6-23-57)56-21-11-24-60(46-56)69(59-43-39-50(40-44-59)55-36-33-47-15-7-8-19-54(47)45-55)58-41-37-49(38-42-58)48-31-34-53(35-32-48)62-26-12-20-51-18-9-10-25-61(51)62/h1-46H. The van der Waals surface area contributed by atoms with E-state index in [4.69, 9.17) is 0 Å². The number of benzene rings is 12. The molecule has 0 aliphatic heterocycles. The normalized spacial score (nSPS) is 11.4. The van der Waals surface area contributed by atoms with Crippen molar-refractivity contribution >= 4 is 60.4 Å². The lowest BCUT2D eigenvalue weighted by molar-refractivity contribution is 1.18. The maximum absolute atomic E-state index is 2.45. The highest BCUT2D eigenvalue weighted by atomic mass is 15.1. The van der Waals surface area contributed by atoms with Gasteiger partial charge in [0, 0.05) is 39.1 Å². The zero-order chi connectivity index (χ0) is 46.4. The number of anilines is 3. The first-order valence-electron chi connectivity index (χ1n) is 24.1. The van der Waals surface area contributed by atoms with Gasteiger partial charge in [0.05, 0.1) is 11.0 Å². The van der Waals surface area contributed by atoms with Crippen LogP contribution in [0.5, 0.6) is 0 Å². The smallest absolute Gasteiger partial charge is 0.0619 e. The van der Waals surface area contributed by atoms with E-state index in [1.165, 1.54) is 93.4 Å². The summed E-state index contributed by atoms with van der Waals surface area (Å²) < 4.78 is 2.45. The van der Waals surface area contributed by atoms with Gasteiger partial charge in [-0.15, -0.1) is 0 Å². The van der Waals surface area contributed by atoms with E-state index >= 15 is 0 Å². The first kappa shape index (κ1) is 41.0. The van der Waals surface area contributed by atoms with Gasteiger partial charge in [-0.3, -0.25) is 0 Å². The highest BCUT2D eigenvalue weighted by Gasteiger charge is 2.21. The molecule has 1 heterocycles. The number of para-hydroxylation sites is 2. The zero-order valence-electron chi connectivity index (χ0n) is 38.5. The molecule has 0 unspecified atom stereocenters. The van der Waals surface area contributed by atoms with Gasteiger partial charge in [-0.2, -0.15) is 0 Å². The molecule has 12 aromatic carbocycles. The Morgan fingerprint density at radius 3 is 1.51 bits per heavy atom. The predicted molar refractivity (Wildman–Crippen MR) is 298 cm³/mol. The van der Waals surface area contributed by atoms with Gasteiger partial charge in [0.15, 0.2) is 0 Å². The Labute approximate surface area is 408 Å². The summed E-state index contributed by atoms with van der Waals surface area (Å²) in [5, 5.41) is 7.47. The van der Waals surface area contributed by atoms with Gasteiger partial charge >= 0.3 is 0 Å². The Balaban J connectivity index is 0.926. The maximum Gasteiger partial charge on any atom is 0.0619 e. The summed E-state index contributed by atoms with van der Waals surface area (Å²) in [5.41, 5.74) is 18.7. The molecule has 0 amide bonds. The minimum Gasteiger partial charge on any atom is -0.310 e. The molecule has 2 nitrogen and oxygen atoms in total. The SMILES string of the molecule is c1ccc(-c2cccc3c4c(-c5cccc(N(c6ccc(-c7ccc(-c8cccc9ccccc89)cc7)cc6)c6ccc(-c7ccc8ccccc8c7)cc6)c5)cccc4n(-c4ccccc4)c23)cc1. The van der Waals surface area contributed by atoms with Crippen molar-refractivity contribution in [1.29, 1.82) is 0 Å². The summed E-state index contributed by atoms with van der Waals surface area (Å²) in [4.78, 5) is 2.39. The molecule has 0 aliphatic carbocycles. The van der Waals surface area contributed by atoms with Crippen LogP contribution in [-0.2, 0) is 0 Å². The van der Waals surface area contributed by atoms with Crippen LogP contribution in [0, 0.1) is 0 Å². The van der Waals surface area contributed by atoms with Crippen LogP contribution >= 0.6 is 0 Å². The third kappa shape index (κ3) is 7.31. The molecule has 0 saturated carbocycles. The lowest BCUT2D eigenvalue weighted by atomic mass is 9.96. The number of rotatable bonds is 9. The summed E-state index contributed by atoms with van der Waals surface area (Å²) in [6.45, 7) is 0. The van der Waals surface area contributed by atoms with Crippen molar-refractivity contribution in [2.45, 2.75) is 0 Å². The van der Waals surface area contributed by atoms with E-state index in [2.05, 4.69) is 289 Å². The van der Waals surface area contributed by atoms with Gasteiger partial charge in [0.25, 0.3) is 0 Å². The van der Waals surface area contributed by atoms with Gasteiger partial charge in [-0.05, 0) is 132 Å². The van der Waals surface area contributed by atoms with E-state index in [9.17, 15) is 0 Å². The molecular formula is C68H46N2. The van der Waals surface area contributed by atoms with Crippen molar-refractivity contribution in [2.75, 3.05) is 4.90 Å². The zero-order valence-corrected chi connectivity index (χ0v) is 38.5. The summed E-state index contributed by atoms with van der Waals surface area (Å²) in [7, 11) is 0. The summed E-state index contributed by atoms with van der Waals surface area (Å²) in [6.07, 6.45) is 0. The fourth-order valence-corrected chi connectivity index (χ4v) is 10.6. The third-order valence-corrected chi connectivity index (χ3v) is 14.0. The van der Waals surface area contributed by atoms with E-state index in [1.807, 2.05) is 0 Å². The highest BCUT2D eigenvalue weighted by Crippen LogP contribution is 2.44. The van der Waals surface area contributed by atoms with Crippen molar-refractivity contribution in [3.63, 3.8) is 0 Å². The first-order valence-corrected chi connectivity index (χ1v) is 24.1. The van der Waals surface area contributed by atoms with Crippen LogP contribution < -0.4 is 4.90 Å². The Kier molecular flexibility index (Phi) is 10.2. The monoisotopic (exact) mass is 890 g/mol. The van der Waals surface area contributed by atoms with Crippen LogP contribution in [0.25, 0.3) is 105 Å². The van der Waals surface area contributed by atoms with Crippen LogP contribution in [0.3, 0.4) is 0 Å². The second kappa shape index (κ2) is 17.4. The maximum atomic E-state index is 2.45. The summed E-state index contributed by atoms with van der Waals surface area (Å²) in [5.74, 6) is 0. The number of hydrogen-bond donors (Lipinski definition) is 0. The van der Waals surface area contributed by atoms with Crippen molar-refractivity contribution < 1.29 is 0 Å². The van der Waals surface area contributed by atoms with E-state index in [-0.39, 0.29) is 0 Å². The fraction of sp³-hybridized carbons (Fsp3) is 0. The van der Waals surface area contributed by atoms with Gasteiger partial charge < -0.3 is 9.47 Å². The van der Waals surface area contributed by atoms with Gasteiger partial charge in [0.1, 0.15) is 0 Å².